The fraction of sp³-hybridized carbons (Fsp3) is 0.143. The van der Waals surface area contributed by atoms with Crippen molar-refractivity contribution in [1.29, 1.82) is 0 Å². The van der Waals surface area contributed by atoms with Crippen LogP contribution in [0.15, 0.2) is 41.3 Å². The van der Waals surface area contributed by atoms with E-state index in [1.165, 1.54) is 12.5 Å². The minimum absolute atomic E-state index is 0.188. The molecule has 0 aliphatic carbocycles. The van der Waals surface area contributed by atoms with Crippen LogP contribution in [-0.2, 0) is 6.42 Å². The fourth-order valence-electron chi connectivity index (χ4n) is 2.10. The molecule has 3 aromatic rings. The lowest BCUT2D eigenvalue weighted by molar-refractivity contribution is 0.0698. The van der Waals surface area contributed by atoms with Crippen LogP contribution >= 0.6 is 0 Å². The maximum absolute atomic E-state index is 11.2. The van der Waals surface area contributed by atoms with Crippen LogP contribution in [0.4, 0.5) is 5.82 Å². The Balaban J connectivity index is 1.85. The Morgan fingerprint density at radius 2 is 2.05 bits per heavy atom. The summed E-state index contributed by atoms with van der Waals surface area (Å²) in [5.41, 5.74) is 0.188. The van der Waals surface area contributed by atoms with Crippen LogP contribution in [0.2, 0.25) is 0 Å². The molecule has 106 valence electrons. The van der Waals surface area contributed by atoms with E-state index in [9.17, 15) is 9.90 Å². The normalized spacial score (nSPS) is 10.7. The molecule has 0 aliphatic heterocycles. The number of aromatic carboxylic acids is 1. The number of carboxylic acids is 1. The maximum Gasteiger partial charge on any atom is 0.337 e. The first-order chi connectivity index (χ1) is 10.3. The number of fused-ring (bicyclic) bond motifs is 1. The third-order valence-corrected chi connectivity index (χ3v) is 3.06. The van der Waals surface area contributed by atoms with Crippen molar-refractivity contribution in [3.05, 3.63) is 48.2 Å². The average Bonchev–Trinajstić information content (AvgIpc) is 3.00. The summed E-state index contributed by atoms with van der Waals surface area (Å²) >= 11 is 0. The van der Waals surface area contributed by atoms with Crippen molar-refractivity contribution in [3.63, 3.8) is 0 Å². The van der Waals surface area contributed by atoms with Crippen LogP contribution in [0.1, 0.15) is 16.2 Å². The molecule has 0 fully saturated rings. The van der Waals surface area contributed by atoms with Gasteiger partial charge in [0, 0.05) is 29.9 Å². The van der Waals surface area contributed by atoms with Crippen LogP contribution < -0.4 is 5.32 Å². The van der Waals surface area contributed by atoms with E-state index in [2.05, 4.69) is 20.4 Å². The predicted octanol–water partition coefficient (Wildman–Crippen LogP) is 1.97. The molecule has 2 heterocycles. The van der Waals surface area contributed by atoms with Gasteiger partial charge in [0.1, 0.15) is 5.82 Å². The van der Waals surface area contributed by atoms with Crippen molar-refractivity contribution < 1.29 is 14.4 Å². The Kier molecular flexibility index (Phi) is 3.46. The molecular weight excluding hydrogens is 272 g/mol. The number of nitrogens with zero attached hydrogens (tertiary/aromatic N) is 3. The van der Waals surface area contributed by atoms with Crippen molar-refractivity contribution in [2.24, 2.45) is 0 Å². The minimum Gasteiger partial charge on any atom is -0.478 e. The molecule has 2 N–H and O–H groups in total. The first-order valence-corrected chi connectivity index (χ1v) is 6.36. The molecule has 0 saturated carbocycles. The third-order valence-electron chi connectivity index (χ3n) is 3.06. The van der Waals surface area contributed by atoms with E-state index in [1.54, 1.807) is 12.1 Å². The lowest BCUT2D eigenvalue weighted by Crippen LogP contribution is -2.08. The Hall–Kier alpha value is -2.96. The molecule has 7 heteroatoms. The van der Waals surface area contributed by atoms with Crippen LogP contribution in [0.25, 0.3) is 10.8 Å². The second kappa shape index (κ2) is 5.58. The molecule has 0 bridgehead atoms. The molecule has 21 heavy (non-hydrogen) atoms. The summed E-state index contributed by atoms with van der Waals surface area (Å²) in [4.78, 5) is 19.3. The second-order valence-electron chi connectivity index (χ2n) is 4.38. The lowest BCUT2D eigenvalue weighted by Gasteiger charge is -2.09. The van der Waals surface area contributed by atoms with Crippen LogP contribution in [0.5, 0.6) is 0 Å². The zero-order valence-corrected chi connectivity index (χ0v) is 11.0. The first kappa shape index (κ1) is 13.0. The summed E-state index contributed by atoms with van der Waals surface area (Å²) in [7, 11) is 0. The van der Waals surface area contributed by atoms with E-state index in [-0.39, 0.29) is 5.56 Å². The number of pyridine rings is 1. The van der Waals surface area contributed by atoms with Crippen LogP contribution in [-0.4, -0.2) is 32.7 Å². The highest BCUT2D eigenvalue weighted by Gasteiger charge is 2.12. The second-order valence-corrected chi connectivity index (χ2v) is 4.38. The Morgan fingerprint density at radius 3 is 2.76 bits per heavy atom. The smallest absolute Gasteiger partial charge is 0.337 e. The SMILES string of the molecule is O=C(O)c1cnc(NCCc2ncno2)c2ccccc12. The van der Waals surface area contributed by atoms with Crippen molar-refractivity contribution in [2.75, 3.05) is 11.9 Å². The number of hydrogen-bond acceptors (Lipinski definition) is 6. The molecule has 0 unspecified atom stereocenters. The van der Waals surface area contributed by atoms with E-state index in [0.717, 1.165) is 5.39 Å². The van der Waals surface area contributed by atoms with Gasteiger partial charge in [0.05, 0.1) is 5.56 Å². The average molecular weight is 284 g/mol. The van der Waals surface area contributed by atoms with Gasteiger partial charge >= 0.3 is 5.97 Å². The highest BCUT2D eigenvalue weighted by atomic mass is 16.5. The minimum atomic E-state index is -0.990. The van der Waals surface area contributed by atoms with Gasteiger partial charge in [0.25, 0.3) is 0 Å². The van der Waals surface area contributed by atoms with E-state index < -0.39 is 5.97 Å². The highest BCUT2D eigenvalue weighted by molar-refractivity contribution is 6.06. The number of hydrogen-bond donors (Lipinski definition) is 2. The highest BCUT2D eigenvalue weighted by Crippen LogP contribution is 2.24. The van der Waals surface area contributed by atoms with Gasteiger partial charge in [0.15, 0.2) is 6.33 Å². The van der Waals surface area contributed by atoms with Crippen molar-refractivity contribution in [2.45, 2.75) is 6.42 Å². The van der Waals surface area contributed by atoms with Gasteiger partial charge in [-0.2, -0.15) is 4.98 Å². The van der Waals surface area contributed by atoms with E-state index >= 15 is 0 Å². The number of aromatic nitrogens is 3. The summed E-state index contributed by atoms with van der Waals surface area (Å²) < 4.78 is 4.91. The Bertz CT molecular complexity index is 771. The van der Waals surface area contributed by atoms with Gasteiger partial charge in [-0.1, -0.05) is 29.4 Å². The van der Waals surface area contributed by atoms with Crippen molar-refractivity contribution in [3.8, 4) is 0 Å². The van der Waals surface area contributed by atoms with Gasteiger partial charge < -0.3 is 14.9 Å². The standard InChI is InChI=1S/C14H12N4O3/c19-14(20)11-7-16-13(10-4-2-1-3-9(10)11)15-6-5-12-17-8-18-21-12/h1-4,7-8H,5-6H2,(H,15,16)(H,19,20). The molecule has 0 radical (unpaired) electrons. The summed E-state index contributed by atoms with van der Waals surface area (Å²) in [6.07, 6.45) is 3.28. The van der Waals surface area contributed by atoms with Gasteiger partial charge in [-0.05, 0) is 0 Å². The number of benzene rings is 1. The number of nitrogens with one attached hydrogen (secondary N) is 1. The molecule has 0 saturated heterocycles. The first-order valence-electron chi connectivity index (χ1n) is 6.36. The predicted molar refractivity (Wildman–Crippen MR) is 75.2 cm³/mol. The summed E-state index contributed by atoms with van der Waals surface area (Å²) in [5.74, 6) is 0.181. The van der Waals surface area contributed by atoms with Gasteiger partial charge in [0.2, 0.25) is 5.89 Å². The zero-order valence-electron chi connectivity index (χ0n) is 11.0. The fourth-order valence-corrected chi connectivity index (χ4v) is 2.10. The van der Waals surface area contributed by atoms with Crippen molar-refractivity contribution in [1.82, 2.24) is 15.1 Å². The number of anilines is 1. The van der Waals surface area contributed by atoms with Crippen LogP contribution in [0, 0.1) is 0 Å². The Labute approximate surface area is 119 Å². The molecule has 0 spiro atoms. The summed E-state index contributed by atoms with van der Waals surface area (Å²) in [6, 6.07) is 7.25. The number of rotatable bonds is 5. The molecule has 0 amide bonds. The summed E-state index contributed by atoms with van der Waals surface area (Å²) in [6.45, 7) is 0.561. The van der Waals surface area contributed by atoms with Crippen molar-refractivity contribution >= 4 is 22.6 Å². The maximum atomic E-state index is 11.2. The molecule has 7 nitrogen and oxygen atoms in total. The molecule has 0 atom stereocenters. The zero-order chi connectivity index (χ0) is 14.7. The van der Waals surface area contributed by atoms with Gasteiger partial charge in [-0.3, -0.25) is 0 Å². The monoisotopic (exact) mass is 284 g/mol. The lowest BCUT2D eigenvalue weighted by atomic mass is 10.1. The third kappa shape index (κ3) is 2.66. The number of carbonyl (C=O) groups is 1. The van der Waals surface area contributed by atoms with E-state index in [4.69, 9.17) is 4.52 Å². The molecule has 3 rings (SSSR count). The molecule has 2 aromatic heterocycles. The van der Waals surface area contributed by atoms with Gasteiger partial charge in [-0.25, -0.2) is 9.78 Å². The molecule has 1 aromatic carbocycles. The largest absolute Gasteiger partial charge is 0.478 e. The van der Waals surface area contributed by atoms with E-state index in [0.29, 0.717) is 30.1 Å². The van der Waals surface area contributed by atoms with E-state index in [1.807, 2.05) is 12.1 Å². The quantitative estimate of drug-likeness (QED) is 0.738. The van der Waals surface area contributed by atoms with Crippen LogP contribution in [0.3, 0.4) is 0 Å². The molecular formula is C14H12N4O3. The topological polar surface area (TPSA) is 101 Å². The Morgan fingerprint density at radius 1 is 1.24 bits per heavy atom. The number of carboxylic acid groups (broad SMARTS) is 1. The van der Waals surface area contributed by atoms with Gasteiger partial charge in [-0.15, -0.1) is 0 Å². The molecule has 0 aliphatic rings. The summed E-state index contributed by atoms with van der Waals surface area (Å²) in [5, 5.41) is 17.3.